The predicted octanol–water partition coefficient (Wildman–Crippen LogP) is 8.66. The Balaban J connectivity index is 3.11. The summed E-state index contributed by atoms with van der Waals surface area (Å²) < 4.78 is 0. The van der Waals surface area contributed by atoms with Crippen molar-refractivity contribution >= 4 is 11.6 Å². The summed E-state index contributed by atoms with van der Waals surface area (Å²) >= 11 is 6.44. The highest BCUT2D eigenvalue weighted by molar-refractivity contribution is 6.20. The molecule has 0 spiro atoms. The summed E-state index contributed by atoms with van der Waals surface area (Å²) in [6.45, 7) is 4.57. The average Bonchev–Trinajstić information content (AvgIpc) is 2.52. The van der Waals surface area contributed by atoms with Gasteiger partial charge < -0.3 is 0 Å². The first kappa shape index (κ1) is 22.3. The minimum absolute atomic E-state index is 0.445. The van der Waals surface area contributed by atoms with Gasteiger partial charge in [-0.1, -0.05) is 117 Å². The van der Waals surface area contributed by atoms with Crippen LogP contribution in [0, 0.1) is 0 Å². The van der Waals surface area contributed by atoms with Crippen LogP contribution in [0.3, 0.4) is 0 Å². The van der Waals surface area contributed by atoms with Gasteiger partial charge in [0, 0.05) is 5.38 Å². The molecule has 0 fully saturated rings. The van der Waals surface area contributed by atoms with Gasteiger partial charge in [-0.25, -0.2) is 0 Å². The molecule has 0 aliphatic rings. The highest BCUT2D eigenvalue weighted by atomic mass is 35.5. The van der Waals surface area contributed by atoms with E-state index in [0.717, 1.165) is 0 Å². The van der Waals surface area contributed by atoms with E-state index in [1.165, 1.54) is 116 Å². The zero-order valence-corrected chi connectivity index (χ0v) is 16.4. The molecule has 0 amide bonds. The summed E-state index contributed by atoms with van der Waals surface area (Å²) in [4.78, 5) is 0. The Bertz CT molecular complexity index is 170. The van der Waals surface area contributed by atoms with Gasteiger partial charge in [0.15, 0.2) is 0 Å². The quantitative estimate of drug-likeness (QED) is 0.174. The minimum Gasteiger partial charge on any atom is -0.123 e. The first-order chi connectivity index (χ1) is 10.8. The zero-order valence-electron chi connectivity index (χ0n) is 15.7. The maximum atomic E-state index is 6.44. The predicted molar refractivity (Wildman–Crippen MR) is 104 cm³/mol. The van der Waals surface area contributed by atoms with Gasteiger partial charge in [0.2, 0.25) is 0 Å². The molecule has 0 N–H and O–H groups in total. The van der Waals surface area contributed by atoms with E-state index >= 15 is 0 Å². The van der Waals surface area contributed by atoms with Gasteiger partial charge in [-0.05, 0) is 12.8 Å². The molecule has 0 aromatic rings. The largest absolute Gasteiger partial charge is 0.123 e. The molecule has 134 valence electrons. The lowest BCUT2D eigenvalue weighted by Crippen LogP contribution is -1.98. The zero-order chi connectivity index (χ0) is 16.3. The minimum atomic E-state index is 0.445. The van der Waals surface area contributed by atoms with E-state index in [1.54, 1.807) is 0 Å². The van der Waals surface area contributed by atoms with Crippen molar-refractivity contribution in [2.75, 3.05) is 0 Å². The van der Waals surface area contributed by atoms with Crippen LogP contribution in [0.15, 0.2) is 0 Å². The molecule has 1 heteroatoms. The molecular weight excluding hydrogens is 288 g/mol. The van der Waals surface area contributed by atoms with Crippen LogP contribution in [-0.4, -0.2) is 5.38 Å². The number of halogens is 1. The fraction of sp³-hybridized carbons (Fsp3) is 1.00. The van der Waals surface area contributed by atoms with Crippen LogP contribution in [0.2, 0.25) is 0 Å². The molecule has 0 radical (unpaired) electrons. The molecule has 0 aliphatic carbocycles. The Kier molecular flexibility index (Phi) is 19.6. The molecule has 0 heterocycles. The lowest BCUT2D eigenvalue weighted by molar-refractivity contribution is 0.528. The maximum absolute atomic E-state index is 6.44. The molecule has 0 aromatic carbocycles. The van der Waals surface area contributed by atoms with Gasteiger partial charge in [0.25, 0.3) is 0 Å². The fourth-order valence-electron chi connectivity index (χ4n) is 3.14. The summed E-state index contributed by atoms with van der Waals surface area (Å²) in [5, 5.41) is 0.445. The monoisotopic (exact) mass is 330 g/mol. The summed E-state index contributed by atoms with van der Waals surface area (Å²) in [5.41, 5.74) is 0. The molecule has 0 atom stereocenters. The van der Waals surface area contributed by atoms with E-state index in [9.17, 15) is 0 Å². The highest BCUT2D eigenvalue weighted by Gasteiger charge is 2.04. The molecular formula is C21H43Cl. The second-order valence-electron chi connectivity index (χ2n) is 7.12. The van der Waals surface area contributed by atoms with Crippen LogP contribution in [0.25, 0.3) is 0 Å². The molecule has 0 aliphatic heterocycles. The van der Waals surface area contributed by atoms with Crippen LogP contribution in [0.1, 0.15) is 129 Å². The molecule has 0 saturated carbocycles. The lowest BCUT2D eigenvalue weighted by Gasteiger charge is -2.09. The van der Waals surface area contributed by atoms with Crippen LogP contribution in [0.4, 0.5) is 0 Å². The summed E-state index contributed by atoms with van der Waals surface area (Å²) in [6.07, 6.45) is 25.0. The highest BCUT2D eigenvalue weighted by Crippen LogP contribution is 2.18. The normalized spacial score (nSPS) is 11.5. The van der Waals surface area contributed by atoms with Gasteiger partial charge in [-0.2, -0.15) is 0 Å². The van der Waals surface area contributed by atoms with E-state index in [2.05, 4.69) is 13.8 Å². The summed E-state index contributed by atoms with van der Waals surface area (Å²) in [7, 11) is 0. The molecule has 0 nitrogen and oxygen atoms in total. The SMILES string of the molecule is CCCCCCCCCCC(Cl)CCCCCCCCCC. The second kappa shape index (κ2) is 19.3. The van der Waals surface area contributed by atoms with Crippen molar-refractivity contribution in [1.82, 2.24) is 0 Å². The number of hydrogen-bond donors (Lipinski definition) is 0. The van der Waals surface area contributed by atoms with E-state index in [1.807, 2.05) is 0 Å². The Labute approximate surface area is 146 Å². The van der Waals surface area contributed by atoms with E-state index in [0.29, 0.717) is 5.38 Å². The number of unbranched alkanes of at least 4 members (excludes halogenated alkanes) is 14. The van der Waals surface area contributed by atoms with E-state index < -0.39 is 0 Å². The summed E-state index contributed by atoms with van der Waals surface area (Å²) in [6, 6.07) is 0. The Morgan fingerprint density at radius 3 is 1.05 bits per heavy atom. The third kappa shape index (κ3) is 18.3. The number of rotatable bonds is 18. The molecule has 0 unspecified atom stereocenters. The maximum Gasteiger partial charge on any atom is 0.0336 e. The van der Waals surface area contributed by atoms with Gasteiger partial charge in [-0.3, -0.25) is 0 Å². The topological polar surface area (TPSA) is 0 Å². The molecule has 0 rings (SSSR count). The van der Waals surface area contributed by atoms with Crippen molar-refractivity contribution in [3.8, 4) is 0 Å². The van der Waals surface area contributed by atoms with Crippen molar-refractivity contribution in [2.45, 2.75) is 135 Å². The van der Waals surface area contributed by atoms with Gasteiger partial charge in [0.05, 0.1) is 0 Å². The van der Waals surface area contributed by atoms with Crippen molar-refractivity contribution in [1.29, 1.82) is 0 Å². The Morgan fingerprint density at radius 1 is 0.455 bits per heavy atom. The lowest BCUT2D eigenvalue weighted by atomic mass is 10.0. The van der Waals surface area contributed by atoms with Crippen molar-refractivity contribution < 1.29 is 0 Å². The van der Waals surface area contributed by atoms with Crippen LogP contribution < -0.4 is 0 Å². The van der Waals surface area contributed by atoms with Crippen molar-refractivity contribution in [2.24, 2.45) is 0 Å². The average molecular weight is 331 g/mol. The molecule has 22 heavy (non-hydrogen) atoms. The van der Waals surface area contributed by atoms with Gasteiger partial charge >= 0.3 is 0 Å². The second-order valence-corrected chi connectivity index (χ2v) is 7.74. The number of alkyl halides is 1. The Hall–Kier alpha value is 0.290. The summed E-state index contributed by atoms with van der Waals surface area (Å²) in [5.74, 6) is 0. The van der Waals surface area contributed by atoms with Crippen molar-refractivity contribution in [3.05, 3.63) is 0 Å². The first-order valence-electron chi connectivity index (χ1n) is 10.4. The third-order valence-corrected chi connectivity index (χ3v) is 5.18. The smallest absolute Gasteiger partial charge is 0.0336 e. The van der Waals surface area contributed by atoms with E-state index in [4.69, 9.17) is 11.6 Å². The first-order valence-corrected chi connectivity index (χ1v) is 10.9. The van der Waals surface area contributed by atoms with Crippen LogP contribution in [0.5, 0.6) is 0 Å². The van der Waals surface area contributed by atoms with Gasteiger partial charge in [-0.15, -0.1) is 11.6 Å². The Morgan fingerprint density at radius 2 is 0.727 bits per heavy atom. The molecule has 0 saturated heterocycles. The van der Waals surface area contributed by atoms with Crippen LogP contribution >= 0.6 is 11.6 Å². The van der Waals surface area contributed by atoms with Gasteiger partial charge in [0.1, 0.15) is 0 Å². The standard InChI is InChI=1S/C21H43Cl/c1-3-5-7-9-11-13-15-17-19-21(22)20-18-16-14-12-10-8-6-4-2/h21H,3-20H2,1-2H3. The fourth-order valence-corrected chi connectivity index (χ4v) is 3.45. The van der Waals surface area contributed by atoms with E-state index in [-0.39, 0.29) is 0 Å². The van der Waals surface area contributed by atoms with Crippen molar-refractivity contribution in [3.63, 3.8) is 0 Å². The molecule has 0 aromatic heterocycles. The molecule has 0 bridgehead atoms. The number of hydrogen-bond acceptors (Lipinski definition) is 0. The van der Waals surface area contributed by atoms with Crippen LogP contribution in [-0.2, 0) is 0 Å². The third-order valence-electron chi connectivity index (χ3n) is 4.74.